The van der Waals surface area contributed by atoms with Crippen molar-refractivity contribution in [2.24, 2.45) is 0 Å². The first-order chi connectivity index (χ1) is 9.36. The van der Waals surface area contributed by atoms with Gasteiger partial charge in [-0.15, -0.1) is 0 Å². The summed E-state index contributed by atoms with van der Waals surface area (Å²) >= 11 is 0. The molecule has 1 N–H and O–H groups in total. The summed E-state index contributed by atoms with van der Waals surface area (Å²) in [6.07, 6.45) is 0.957. The molecule has 1 aromatic rings. The quantitative estimate of drug-likeness (QED) is 0.900. The van der Waals surface area contributed by atoms with Crippen molar-refractivity contribution in [3.8, 4) is 0 Å². The van der Waals surface area contributed by atoms with Crippen LogP contribution in [0.2, 0.25) is 0 Å². The molecule has 0 aliphatic carbocycles. The maximum absolute atomic E-state index is 11.9. The molecule has 0 radical (unpaired) electrons. The monoisotopic (exact) mass is 275 g/mol. The molecule has 1 fully saturated rings. The van der Waals surface area contributed by atoms with Gasteiger partial charge in [0, 0.05) is 20.0 Å². The Morgan fingerprint density at radius 3 is 2.30 bits per heavy atom. The number of carboxylic acids is 1. The van der Waals surface area contributed by atoms with E-state index < -0.39 is 11.4 Å². The van der Waals surface area contributed by atoms with Crippen LogP contribution in [0.5, 0.6) is 0 Å². The van der Waals surface area contributed by atoms with Gasteiger partial charge in [-0.25, -0.2) is 0 Å². The van der Waals surface area contributed by atoms with Crippen molar-refractivity contribution in [3.63, 3.8) is 0 Å². The Morgan fingerprint density at radius 1 is 1.20 bits per heavy atom. The number of piperidine rings is 1. The lowest BCUT2D eigenvalue weighted by Gasteiger charge is -2.39. The van der Waals surface area contributed by atoms with E-state index in [-0.39, 0.29) is 5.91 Å². The molecule has 0 spiro atoms. The van der Waals surface area contributed by atoms with Crippen LogP contribution in [0.25, 0.3) is 0 Å². The molecule has 1 amide bonds. The molecule has 0 unspecified atom stereocenters. The lowest BCUT2D eigenvalue weighted by Crippen LogP contribution is -2.48. The van der Waals surface area contributed by atoms with Gasteiger partial charge in [0.15, 0.2) is 0 Å². The van der Waals surface area contributed by atoms with Crippen molar-refractivity contribution >= 4 is 11.9 Å². The Morgan fingerprint density at radius 2 is 1.80 bits per heavy atom. The van der Waals surface area contributed by atoms with Crippen LogP contribution in [0.4, 0.5) is 0 Å². The molecule has 2 rings (SSSR count). The Kier molecular flexibility index (Phi) is 3.84. The van der Waals surface area contributed by atoms with E-state index in [0.29, 0.717) is 25.9 Å². The highest BCUT2D eigenvalue weighted by atomic mass is 16.4. The molecule has 0 aromatic heterocycles. The van der Waals surface area contributed by atoms with Crippen LogP contribution in [-0.4, -0.2) is 35.0 Å². The van der Waals surface area contributed by atoms with E-state index in [1.165, 1.54) is 6.92 Å². The zero-order valence-electron chi connectivity index (χ0n) is 12.3. The number of benzene rings is 1. The average molecular weight is 275 g/mol. The van der Waals surface area contributed by atoms with Crippen LogP contribution in [0.1, 0.15) is 36.5 Å². The summed E-state index contributed by atoms with van der Waals surface area (Å²) < 4.78 is 0. The highest BCUT2D eigenvalue weighted by Gasteiger charge is 2.44. The number of rotatable bonds is 2. The summed E-state index contributed by atoms with van der Waals surface area (Å²) in [5, 5.41) is 9.78. The number of amides is 1. The molecule has 1 heterocycles. The summed E-state index contributed by atoms with van der Waals surface area (Å²) in [5.74, 6) is -0.764. The van der Waals surface area contributed by atoms with Crippen LogP contribution in [-0.2, 0) is 15.0 Å². The van der Waals surface area contributed by atoms with E-state index in [0.717, 1.165) is 16.7 Å². The molecule has 4 heteroatoms. The third-order valence-corrected chi connectivity index (χ3v) is 4.38. The lowest BCUT2D eigenvalue weighted by atomic mass is 9.71. The first-order valence-electron chi connectivity index (χ1n) is 6.93. The smallest absolute Gasteiger partial charge is 0.314 e. The van der Waals surface area contributed by atoms with E-state index in [4.69, 9.17) is 0 Å². The third kappa shape index (κ3) is 2.42. The number of hydrogen-bond acceptors (Lipinski definition) is 2. The molecule has 1 aromatic carbocycles. The fourth-order valence-electron chi connectivity index (χ4n) is 3.05. The van der Waals surface area contributed by atoms with E-state index in [1.54, 1.807) is 4.90 Å². The minimum absolute atomic E-state index is 0.0185. The fraction of sp³-hybridized carbons (Fsp3) is 0.500. The summed E-state index contributed by atoms with van der Waals surface area (Å²) in [4.78, 5) is 25.1. The first kappa shape index (κ1) is 14.6. The first-order valence-corrected chi connectivity index (χ1v) is 6.93. The van der Waals surface area contributed by atoms with Crippen molar-refractivity contribution in [3.05, 3.63) is 34.9 Å². The second kappa shape index (κ2) is 5.27. The standard InChI is InChI=1S/C16H21NO3/c1-11-4-5-12(2)14(10-11)16(15(19)20)6-8-17(9-7-16)13(3)18/h4-5,10H,6-9H2,1-3H3,(H,19,20). The minimum Gasteiger partial charge on any atom is -0.481 e. The molecule has 108 valence electrons. The highest BCUT2D eigenvalue weighted by Crippen LogP contribution is 2.38. The zero-order valence-corrected chi connectivity index (χ0v) is 12.3. The summed E-state index contributed by atoms with van der Waals surface area (Å²) in [7, 11) is 0. The molecule has 20 heavy (non-hydrogen) atoms. The molecule has 4 nitrogen and oxygen atoms in total. The largest absolute Gasteiger partial charge is 0.481 e. The second-order valence-electron chi connectivity index (χ2n) is 5.71. The Labute approximate surface area is 119 Å². The molecular formula is C16H21NO3. The molecule has 1 aliphatic heterocycles. The molecule has 1 saturated heterocycles. The lowest BCUT2D eigenvalue weighted by molar-refractivity contribution is -0.148. The topological polar surface area (TPSA) is 57.6 Å². The maximum Gasteiger partial charge on any atom is 0.314 e. The number of aryl methyl sites for hydroxylation is 2. The van der Waals surface area contributed by atoms with Crippen molar-refractivity contribution in [2.75, 3.05) is 13.1 Å². The number of carbonyl (C=O) groups is 2. The van der Waals surface area contributed by atoms with Gasteiger partial charge in [-0.3, -0.25) is 9.59 Å². The summed E-state index contributed by atoms with van der Waals surface area (Å²) in [6, 6.07) is 5.96. The van der Waals surface area contributed by atoms with Gasteiger partial charge < -0.3 is 10.0 Å². The van der Waals surface area contributed by atoms with E-state index in [2.05, 4.69) is 0 Å². The van der Waals surface area contributed by atoms with Gasteiger partial charge >= 0.3 is 5.97 Å². The molecule has 0 saturated carbocycles. The Hall–Kier alpha value is -1.84. The number of likely N-dealkylation sites (tertiary alicyclic amines) is 1. The van der Waals surface area contributed by atoms with Gasteiger partial charge in [0.1, 0.15) is 0 Å². The van der Waals surface area contributed by atoms with E-state index in [1.807, 2.05) is 32.0 Å². The molecule has 0 bridgehead atoms. The number of hydrogen-bond donors (Lipinski definition) is 1. The zero-order chi connectivity index (χ0) is 14.9. The van der Waals surface area contributed by atoms with Crippen molar-refractivity contribution < 1.29 is 14.7 Å². The number of nitrogens with zero attached hydrogens (tertiary/aromatic N) is 1. The van der Waals surface area contributed by atoms with Crippen molar-refractivity contribution in [1.82, 2.24) is 4.90 Å². The third-order valence-electron chi connectivity index (χ3n) is 4.38. The van der Waals surface area contributed by atoms with Gasteiger partial charge in [-0.1, -0.05) is 23.8 Å². The van der Waals surface area contributed by atoms with Gasteiger partial charge in [0.05, 0.1) is 5.41 Å². The van der Waals surface area contributed by atoms with Crippen LogP contribution >= 0.6 is 0 Å². The number of aliphatic carboxylic acids is 1. The fourth-order valence-corrected chi connectivity index (χ4v) is 3.05. The number of carbonyl (C=O) groups excluding carboxylic acids is 1. The molecular weight excluding hydrogens is 254 g/mol. The average Bonchev–Trinajstić information content (AvgIpc) is 2.41. The molecule has 0 atom stereocenters. The highest BCUT2D eigenvalue weighted by molar-refractivity contribution is 5.83. The Bertz CT molecular complexity index is 543. The Balaban J connectivity index is 2.40. The van der Waals surface area contributed by atoms with Crippen molar-refractivity contribution in [1.29, 1.82) is 0 Å². The van der Waals surface area contributed by atoms with Gasteiger partial charge in [0.25, 0.3) is 0 Å². The van der Waals surface area contributed by atoms with Gasteiger partial charge in [-0.05, 0) is 37.8 Å². The van der Waals surface area contributed by atoms with E-state index >= 15 is 0 Å². The van der Waals surface area contributed by atoms with Crippen LogP contribution in [0.15, 0.2) is 18.2 Å². The predicted molar refractivity (Wildman–Crippen MR) is 76.7 cm³/mol. The van der Waals surface area contributed by atoms with Crippen molar-refractivity contribution in [2.45, 2.75) is 39.0 Å². The van der Waals surface area contributed by atoms with Gasteiger partial charge in [0.2, 0.25) is 5.91 Å². The second-order valence-corrected chi connectivity index (χ2v) is 5.71. The van der Waals surface area contributed by atoms with Crippen LogP contribution < -0.4 is 0 Å². The summed E-state index contributed by atoms with van der Waals surface area (Å²) in [5.41, 5.74) is 2.12. The SMILES string of the molecule is CC(=O)N1CCC(C(=O)O)(c2cc(C)ccc2C)CC1. The normalized spacial score (nSPS) is 17.9. The summed E-state index contributed by atoms with van der Waals surface area (Å²) in [6.45, 7) is 6.48. The number of carboxylic acid groups (broad SMARTS) is 1. The van der Waals surface area contributed by atoms with Crippen LogP contribution in [0, 0.1) is 13.8 Å². The van der Waals surface area contributed by atoms with E-state index in [9.17, 15) is 14.7 Å². The van der Waals surface area contributed by atoms with Gasteiger partial charge in [-0.2, -0.15) is 0 Å². The minimum atomic E-state index is -0.859. The maximum atomic E-state index is 11.9. The predicted octanol–water partition coefficient (Wildman–Crippen LogP) is 2.27. The molecule has 1 aliphatic rings. The van der Waals surface area contributed by atoms with Crippen LogP contribution in [0.3, 0.4) is 0 Å².